The zero-order valence-electron chi connectivity index (χ0n) is 22.9. The van der Waals surface area contributed by atoms with E-state index in [0.29, 0.717) is 30.8 Å². The molecule has 2 heterocycles. The van der Waals surface area contributed by atoms with Crippen molar-refractivity contribution in [3.05, 3.63) is 65.7 Å². The van der Waals surface area contributed by atoms with Gasteiger partial charge in [-0.15, -0.1) is 0 Å². The molecule has 0 unspecified atom stereocenters. The van der Waals surface area contributed by atoms with Gasteiger partial charge in [-0.1, -0.05) is 30.3 Å². The molecule has 2 N–H and O–H groups in total. The number of carbonyl (C=O) groups is 2. The second-order valence-corrected chi connectivity index (χ2v) is 10.8. The Morgan fingerprint density at radius 2 is 1.79 bits per heavy atom. The quantitative estimate of drug-likeness (QED) is 0.437. The number of benzene rings is 2. The summed E-state index contributed by atoms with van der Waals surface area (Å²) >= 11 is 0. The molecule has 8 heteroatoms. The van der Waals surface area contributed by atoms with E-state index in [9.17, 15) is 9.59 Å². The van der Waals surface area contributed by atoms with E-state index in [-0.39, 0.29) is 24.9 Å². The Bertz CT molecular complexity index is 1130. The summed E-state index contributed by atoms with van der Waals surface area (Å²) in [5.41, 5.74) is 7.15. The molecular formula is C31H40N4O4. The summed E-state index contributed by atoms with van der Waals surface area (Å²) in [4.78, 5) is 31.6. The molecule has 2 fully saturated rings. The van der Waals surface area contributed by atoms with E-state index in [1.54, 1.807) is 24.3 Å². The van der Waals surface area contributed by atoms with E-state index in [4.69, 9.17) is 20.5 Å². The van der Waals surface area contributed by atoms with Crippen molar-refractivity contribution in [2.75, 3.05) is 33.3 Å². The van der Waals surface area contributed by atoms with E-state index in [0.717, 1.165) is 50.9 Å². The van der Waals surface area contributed by atoms with Crippen LogP contribution in [0, 0.1) is 11.3 Å². The van der Waals surface area contributed by atoms with Gasteiger partial charge in [0.15, 0.2) is 5.78 Å². The zero-order chi connectivity index (χ0) is 27.7. The third kappa shape index (κ3) is 7.45. The smallest absolute Gasteiger partial charge is 0.308 e. The first-order chi connectivity index (χ1) is 18.9. The van der Waals surface area contributed by atoms with E-state index < -0.39 is 17.6 Å². The Morgan fingerprint density at radius 1 is 1.08 bits per heavy atom. The summed E-state index contributed by atoms with van der Waals surface area (Å²) in [5, 5.41) is 9.06. The second-order valence-electron chi connectivity index (χ2n) is 10.8. The molecule has 2 aromatic carbocycles. The number of ketones is 1. The van der Waals surface area contributed by atoms with Crippen molar-refractivity contribution >= 4 is 11.8 Å². The monoisotopic (exact) mass is 532 g/mol. The number of hydrogen-bond acceptors (Lipinski definition) is 8. The molecule has 2 saturated heterocycles. The van der Waals surface area contributed by atoms with Crippen molar-refractivity contribution in [2.24, 2.45) is 5.73 Å². The highest BCUT2D eigenvalue weighted by molar-refractivity contribution is 5.95. The number of hydrogen-bond donors (Lipinski definition) is 1. The number of nitrogens with zero attached hydrogens (tertiary/aromatic N) is 3. The molecule has 4 rings (SSSR count). The molecular weight excluding hydrogens is 492 g/mol. The Balaban J connectivity index is 1.48. The predicted molar refractivity (Wildman–Crippen MR) is 149 cm³/mol. The number of nitrogens with two attached hydrogens (primary N) is 1. The largest absolute Gasteiger partial charge is 0.494 e. The van der Waals surface area contributed by atoms with Crippen LogP contribution < -0.4 is 10.5 Å². The molecule has 0 aliphatic carbocycles. The number of carbonyl (C=O) groups excluding carboxylic acids is 2. The lowest BCUT2D eigenvalue weighted by Crippen LogP contribution is -2.65. The van der Waals surface area contributed by atoms with E-state index in [2.05, 4.69) is 22.9 Å². The van der Waals surface area contributed by atoms with Gasteiger partial charge in [0.25, 0.3) is 0 Å². The highest BCUT2D eigenvalue weighted by Crippen LogP contribution is 2.38. The molecule has 2 aliphatic rings. The van der Waals surface area contributed by atoms with Crippen molar-refractivity contribution in [1.82, 2.24) is 9.80 Å². The molecule has 0 saturated carbocycles. The first-order valence-corrected chi connectivity index (χ1v) is 14.0. The van der Waals surface area contributed by atoms with Gasteiger partial charge in [-0.05, 0) is 88.6 Å². The first kappa shape index (κ1) is 28.8. The van der Waals surface area contributed by atoms with Gasteiger partial charge in [0.1, 0.15) is 12.4 Å². The number of ether oxygens (including phenoxy) is 2. The van der Waals surface area contributed by atoms with Crippen LogP contribution in [0.5, 0.6) is 5.75 Å². The fraction of sp³-hybridized carbons (Fsp3) is 0.516. The first-order valence-electron chi connectivity index (χ1n) is 14.0. The summed E-state index contributed by atoms with van der Waals surface area (Å²) in [6, 6.07) is 17.9. The minimum absolute atomic E-state index is 0.0961. The van der Waals surface area contributed by atoms with Gasteiger partial charge in [0.2, 0.25) is 0 Å². The molecule has 8 nitrogen and oxygen atoms in total. The van der Waals surface area contributed by atoms with Crippen molar-refractivity contribution in [2.45, 2.75) is 69.2 Å². The number of nitriles is 1. The predicted octanol–water partition coefficient (Wildman–Crippen LogP) is 3.68. The van der Waals surface area contributed by atoms with Gasteiger partial charge in [-0.25, -0.2) is 0 Å². The molecule has 2 atom stereocenters. The molecule has 0 radical (unpaired) electrons. The lowest BCUT2D eigenvalue weighted by atomic mass is 9.75. The highest BCUT2D eigenvalue weighted by Gasteiger charge is 2.49. The third-order valence-corrected chi connectivity index (χ3v) is 8.11. The minimum Gasteiger partial charge on any atom is -0.494 e. The maximum atomic E-state index is 14.2. The Kier molecular flexibility index (Phi) is 10.1. The minimum atomic E-state index is -0.949. The van der Waals surface area contributed by atoms with Gasteiger partial charge >= 0.3 is 5.97 Å². The fourth-order valence-electron chi connectivity index (χ4n) is 5.93. The number of rotatable bonds is 11. The molecule has 2 aromatic rings. The number of piperidine rings is 2. The topological polar surface area (TPSA) is 109 Å². The number of likely N-dealkylation sites (tertiary alicyclic amines) is 2. The summed E-state index contributed by atoms with van der Waals surface area (Å²) in [5.74, 6) is 0.0959. The summed E-state index contributed by atoms with van der Waals surface area (Å²) in [6.45, 7) is 3.32. The molecule has 0 spiro atoms. The lowest BCUT2D eigenvalue weighted by molar-refractivity contribution is -0.149. The molecule has 0 amide bonds. The number of esters is 1. The van der Waals surface area contributed by atoms with Gasteiger partial charge < -0.3 is 20.1 Å². The standard InChI is InChI=1S/C31H40N4O4/c1-34-18-13-26(14-19-34)35-17-6-5-15-31(35,16-20-38-27-11-9-24(22-32)10-12-27)30(37)28(33)21-29(36)39-23-25-7-3-2-4-8-25/h2-4,7-12,26,28H,5-6,13-21,23,33H2,1H3/t28-,31+/m1/s1. The average molecular weight is 533 g/mol. The SMILES string of the molecule is CN1CCC(N2CCCC[C@]2(CCOc2ccc(C#N)cc2)C(=O)[C@H](N)CC(=O)OCc2ccccc2)CC1. The van der Waals surface area contributed by atoms with Crippen LogP contribution in [0.25, 0.3) is 0 Å². The Hall–Kier alpha value is -3.25. The highest BCUT2D eigenvalue weighted by atomic mass is 16.5. The molecule has 0 bridgehead atoms. The summed E-state index contributed by atoms with van der Waals surface area (Å²) < 4.78 is 11.5. The molecule has 2 aliphatic heterocycles. The fourth-order valence-corrected chi connectivity index (χ4v) is 5.93. The third-order valence-electron chi connectivity index (χ3n) is 8.11. The average Bonchev–Trinajstić information content (AvgIpc) is 2.97. The zero-order valence-corrected chi connectivity index (χ0v) is 22.9. The van der Waals surface area contributed by atoms with Crippen LogP contribution in [0.4, 0.5) is 0 Å². The van der Waals surface area contributed by atoms with Crippen LogP contribution in [0.3, 0.4) is 0 Å². The molecule has 39 heavy (non-hydrogen) atoms. The Morgan fingerprint density at radius 3 is 2.49 bits per heavy atom. The van der Waals surface area contributed by atoms with Crippen LogP contribution in [-0.2, 0) is 20.9 Å². The molecule has 0 aromatic heterocycles. The van der Waals surface area contributed by atoms with E-state index >= 15 is 0 Å². The van der Waals surface area contributed by atoms with E-state index in [1.165, 1.54) is 0 Å². The van der Waals surface area contributed by atoms with Gasteiger partial charge in [0, 0.05) is 12.5 Å². The summed E-state index contributed by atoms with van der Waals surface area (Å²) in [6.07, 6.45) is 4.99. The van der Waals surface area contributed by atoms with Crippen LogP contribution in [-0.4, -0.2) is 72.5 Å². The van der Waals surface area contributed by atoms with Gasteiger partial charge in [-0.2, -0.15) is 5.26 Å². The number of Topliss-reactive ketones (excluding diaryl/α,β-unsaturated/α-hetero) is 1. The van der Waals surface area contributed by atoms with Crippen molar-refractivity contribution in [1.29, 1.82) is 5.26 Å². The van der Waals surface area contributed by atoms with Crippen molar-refractivity contribution < 1.29 is 19.1 Å². The summed E-state index contributed by atoms with van der Waals surface area (Å²) in [7, 11) is 2.13. The van der Waals surface area contributed by atoms with Crippen molar-refractivity contribution in [3.8, 4) is 11.8 Å². The normalized spacial score (nSPS) is 21.6. The maximum absolute atomic E-state index is 14.2. The van der Waals surface area contributed by atoms with Crippen LogP contribution >= 0.6 is 0 Å². The van der Waals surface area contributed by atoms with Crippen LogP contribution in [0.15, 0.2) is 54.6 Å². The molecule has 208 valence electrons. The van der Waals surface area contributed by atoms with Crippen molar-refractivity contribution in [3.63, 3.8) is 0 Å². The lowest BCUT2D eigenvalue weighted by Gasteiger charge is -2.52. The van der Waals surface area contributed by atoms with Crippen LogP contribution in [0.2, 0.25) is 0 Å². The van der Waals surface area contributed by atoms with Gasteiger partial charge in [0.05, 0.1) is 36.2 Å². The van der Waals surface area contributed by atoms with Crippen LogP contribution in [0.1, 0.15) is 56.1 Å². The maximum Gasteiger partial charge on any atom is 0.308 e. The second kappa shape index (κ2) is 13.7. The Labute approximate surface area is 231 Å². The van der Waals surface area contributed by atoms with Gasteiger partial charge in [-0.3, -0.25) is 14.5 Å². The van der Waals surface area contributed by atoms with E-state index in [1.807, 2.05) is 30.3 Å².